The van der Waals surface area contributed by atoms with Gasteiger partial charge in [-0.25, -0.2) is 14.2 Å². The smallest absolute Gasteiger partial charge is 0.347 e. The van der Waals surface area contributed by atoms with E-state index in [4.69, 9.17) is 23.9 Å². The van der Waals surface area contributed by atoms with Crippen molar-refractivity contribution in [2.24, 2.45) is 0 Å². The first-order chi connectivity index (χ1) is 21.2. The fraction of sp³-hybridized carbons (Fsp3) is 0.243. The van der Waals surface area contributed by atoms with Gasteiger partial charge in [0.15, 0.2) is 6.10 Å². The number of fused-ring (bicyclic) bond motifs is 1. The van der Waals surface area contributed by atoms with Crippen molar-refractivity contribution in [3.63, 3.8) is 0 Å². The Labute approximate surface area is 257 Å². The molecule has 0 unspecified atom stereocenters. The van der Waals surface area contributed by atoms with Crippen LogP contribution >= 0.6 is 0 Å². The number of esters is 1. The van der Waals surface area contributed by atoms with Crippen molar-refractivity contribution in [3.05, 3.63) is 126 Å². The quantitative estimate of drug-likeness (QED) is 0.136. The van der Waals surface area contributed by atoms with Gasteiger partial charge in [0.2, 0.25) is 5.88 Å². The molecule has 226 valence electrons. The highest BCUT2D eigenvalue weighted by Crippen LogP contribution is 2.42. The van der Waals surface area contributed by atoms with Crippen LogP contribution in [0.2, 0.25) is 0 Å². The molecular formula is C37H36FNO5. The van der Waals surface area contributed by atoms with Crippen molar-refractivity contribution in [2.75, 3.05) is 13.7 Å². The third-order valence-corrected chi connectivity index (χ3v) is 7.31. The van der Waals surface area contributed by atoms with Crippen molar-refractivity contribution in [1.29, 1.82) is 0 Å². The maximum absolute atomic E-state index is 14.0. The summed E-state index contributed by atoms with van der Waals surface area (Å²) in [4.78, 5) is 18.1. The SMILES string of the molecule is COCC(C)(C)c1nc(O[C@@H](C)C(=O)OCc2ccccc2)c2cc(OCc3ccccc3)ccc2c1-c1ccc(F)cc1. The van der Waals surface area contributed by atoms with Gasteiger partial charge >= 0.3 is 5.97 Å². The highest BCUT2D eigenvalue weighted by atomic mass is 19.1. The average Bonchev–Trinajstić information content (AvgIpc) is 3.04. The zero-order chi connectivity index (χ0) is 31.1. The minimum absolute atomic E-state index is 0.134. The van der Waals surface area contributed by atoms with Crippen LogP contribution in [-0.4, -0.2) is 30.8 Å². The summed E-state index contributed by atoms with van der Waals surface area (Å²) in [5, 5.41) is 1.47. The van der Waals surface area contributed by atoms with Crippen LogP contribution in [0.1, 0.15) is 37.6 Å². The van der Waals surface area contributed by atoms with E-state index in [-0.39, 0.29) is 18.3 Å². The van der Waals surface area contributed by atoms with E-state index >= 15 is 0 Å². The number of ether oxygens (including phenoxy) is 4. The van der Waals surface area contributed by atoms with Crippen LogP contribution in [-0.2, 0) is 32.9 Å². The van der Waals surface area contributed by atoms with E-state index in [2.05, 4.69) is 0 Å². The van der Waals surface area contributed by atoms with E-state index in [0.717, 1.165) is 27.6 Å². The van der Waals surface area contributed by atoms with Gasteiger partial charge in [0.05, 0.1) is 12.3 Å². The summed E-state index contributed by atoms with van der Waals surface area (Å²) < 4.78 is 37.5. The number of nitrogens with zero attached hydrogens (tertiary/aromatic N) is 1. The van der Waals surface area contributed by atoms with Crippen molar-refractivity contribution in [1.82, 2.24) is 4.98 Å². The van der Waals surface area contributed by atoms with Gasteiger partial charge in [-0.15, -0.1) is 0 Å². The third kappa shape index (κ3) is 7.24. The zero-order valence-corrected chi connectivity index (χ0v) is 25.4. The van der Waals surface area contributed by atoms with Crippen LogP contribution in [0, 0.1) is 5.82 Å². The molecule has 0 aliphatic rings. The molecule has 7 heteroatoms. The molecule has 0 aliphatic heterocycles. The first-order valence-electron chi connectivity index (χ1n) is 14.5. The van der Waals surface area contributed by atoms with Crippen molar-refractivity contribution in [2.45, 2.75) is 45.5 Å². The van der Waals surface area contributed by atoms with Gasteiger partial charge in [-0.2, -0.15) is 0 Å². The molecule has 44 heavy (non-hydrogen) atoms. The highest BCUT2D eigenvalue weighted by Gasteiger charge is 2.30. The minimum atomic E-state index is -0.946. The number of pyridine rings is 1. The molecule has 5 aromatic rings. The fourth-order valence-electron chi connectivity index (χ4n) is 5.07. The number of carbonyl (C=O) groups is 1. The molecule has 1 atom stereocenters. The number of rotatable bonds is 12. The van der Waals surface area contributed by atoms with E-state index < -0.39 is 17.5 Å². The average molecular weight is 594 g/mol. The Bertz CT molecular complexity index is 1710. The molecule has 6 nitrogen and oxygen atoms in total. The molecule has 0 saturated heterocycles. The van der Waals surface area contributed by atoms with Crippen molar-refractivity contribution in [3.8, 4) is 22.8 Å². The van der Waals surface area contributed by atoms with Crippen LogP contribution in [0.4, 0.5) is 4.39 Å². The van der Waals surface area contributed by atoms with Crippen LogP contribution in [0.15, 0.2) is 103 Å². The molecule has 0 amide bonds. The summed E-state index contributed by atoms with van der Waals surface area (Å²) in [6, 6.07) is 31.4. The molecule has 5 rings (SSSR count). The number of aromatic nitrogens is 1. The molecule has 4 aromatic carbocycles. The predicted octanol–water partition coefficient (Wildman–Crippen LogP) is 8.05. The molecule has 0 radical (unpaired) electrons. The molecule has 1 heterocycles. The lowest BCUT2D eigenvalue weighted by molar-refractivity contribution is -0.152. The Morgan fingerprint density at radius 3 is 2.11 bits per heavy atom. The van der Waals surface area contributed by atoms with E-state index in [0.29, 0.717) is 30.0 Å². The van der Waals surface area contributed by atoms with E-state index in [9.17, 15) is 9.18 Å². The van der Waals surface area contributed by atoms with Crippen LogP contribution in [0.5, 0.6) is 11.6 Å². The first kappa shape index (κ1) is 30.7. The van der Waals surface area contributed by atoms with Gasteiger partial charge in [0.1, 0.15) is 24.8 Å². The van der Waals surface area contributed by atoms with Gasteiger partial charge in [-0.1, -0.05) is 86.6 Å². The fourth-order valence-corrected chi connectivity index (χ4v) is 5.07. The molecule has 0 N–H and O–H groups in total. The van der Waals surface area contributed by atoms with E-state index in [1.165, 1.54) is 12.1 Å². The van der Waals surface area contributed by atoms with E-state index in [1.54, 1.807) is 26.2 Å². The Morgan fingerprint density at radius 2 is 1.48 bits per heavy atom. The Kier molecular flexibility index (Phi) is 9.56. The largest absolute Gasteiger partial charge is 0.489 e. The molecule has 0 saturated carbocycles. The topological polar surface area (TPSA) is 66.9 Å². The lowest BCUT2D eigenvalue weighted by Gasteiger charge is -2.28. The molecular weight excluding hydrogens is 557 g/mol. The summed E-state index contributed by atoms with van der Waals surface area (Å²) in [5.74, 6) is 0.0318. The summed E-state index contributed by atoms with van der Waals surface area (Å²) in [5.41, 5.74) is 3.65. The van der Waals surface area contributed by atoms with Gasteiger partial charge in [0, 0.05) is 23.5 Å². The number of halogens is 1. The molecule has 0 spiro atoms. The Morgan fingerprint density at radius 1 is 0.841 bits per heavy atom. The summed E-state index contributed by atoms with van der Waals surface area (Å²) >= 11 is 0. The van der Waals surface area contributed by atoms with Crippen LogP contribution < -0.4 is 9.47 Å². The zero-order valence-electron chi connectivity index (χ0n) is 25.4. The number of hydrogen-bond acceptors (Lipinski definition) is 6. The summed E-state index contributed by atoms with van der Waals surface area (Å²) in [6.45, 7) is 6.57. The number of methoxy groups -OCH3 is 1. The Hall–Kier alpha value is -4.75. The highest BCUT2D eigenvalue weighted by molar-refractivity contribution is 6.01. The lowest BCUT2D eigenvalue weighted by Crippen LogP contribution is -2.29. The molecule has 0 fully saturated rings. The minimum Gasteiger partial charge on any atom is -0.489 e. The second kappa shape index (κ2) is 13.7. The molecule has 1 aromatic heterocycles. The lowest BCUT2D eigenvalue weighted by atomic mass is 9.83. The van der Waals surface area contributed by atoms with Crippen LogP contribution in [0.25, 0.3) is 21.9 Å². The number of carbonyl (C=O) groups excluding carboxylic acids is 1. The maximum Gasteiger partial charge on any atom is 0.347 e. The van der Waals surface area contributed by atoms with Gasteiger partial charge in [-0.05, 0) is 59.3 Å². The van der Waals surface area contributed by atoms with Crippen LogP contribution in [0.3, 0.4) is 0 Å². The summed E-state index contributed by atoms with van der Waals surface area (Å²) in [6.07, 6.45) is -0.946. The van der Waals surface area contributed by atoms with Gasteiger partial charge in [0.25, 0.3) is 0 Å². The molecule has 0 aliphatic carbocycles. The maximum atomic E-state index is 14.0. The standard InChI is InChI=1S/C37H36FNO5/c1-25(36(40)43-23-27-13-9-6-10-14-27)44-35-32-21-30(42-22-26-11-7-5-8-12-26)19-20-31(32)33(28-15-17-29(38)18-16-28)34(39-35)37(2,3)24-41-4/h5-21,25H,22-24H2,1-4H3/t25-/m0/s1. The second-order valence-corrected chi connectivity index (χ2v) is 11.3. The molecule has 0 bridgehead atoms. The number of benzene rings is 4. The van der Waals surface area contributed by atoms with Crippen molar-refractivity contribution >= 4 is 16.7 Å². The normalized spacial score (nSPS) is 12.1. The summed E-state index contributed by atoms with van der Waals surface area (Å²) in [7, 11) is 1.64. The Balaban J connectivity index is 1.58. The first-order valence-corrected chi connectivity index (χ1v) is 14.5. The predicted molar refractivity (Wildman–Crippen MR) is 169 cm³/mol. The van der Waals surface area contributed by atoms with Crippen molar-refractivity contribution < 1.29 is 28.1 Å². The monoisotopic (exact) mass is 593 g/mol. The van der Waals surface area contributed by atoms with E-state index in [1.807, 2.05) is 92.7 Å². The number of hydrogen-bond donors (Lipinski definition) is 0. The van der Waals surface area contributed by atoms with Gasteiger partial charge in [-0.3, -0.25) is 0 Å². The third-order valence-electron chi connectivity index (χ3n) is 7.31. The van der Waals surface area contributed by atoms with Gasteiger partial charge < -0.3 is 18.9 Å². The second-order valence-electron chi connectivity index (χ2n) is 11.3.